The van der Waals surface area contributed by atoms with Crippen LogP contribution in [0.1, 0.15) is 39.5 Å². The Morgan fingerprint density at radius 2 is 2.29 bits per heavy atom. The van der Waals surface area contributed by atoms with E-state index in [1.165, 1.54) is 12.0 Å². The van der Waals surface area contributed by atoms with Gasteiger partial charge >= 0.3 is 0 Å². The molecule has 1 N–H and O–H groups in total. The van der Waals surface area contributed by atoms with Gasteiger partial charge < -0.3 is 5.11 Å². The average Bonchev–Trinajstić information content (AvgIpc) is 2.02. The fourth-order valence-electron chi connectivity index (χ4n) is 2.38. The second kappa shape index (κ2) is 4.31. The van der Waals surface area contributed by atoms with Crippen molar-refractivity contribution in [1.82, 2.24) is 0 Å². The maximum absolute atomic E-state index is 9.88. The standard InChI is InChI=1S/C13H22O/c1-5-6-12(14)11-7-8-13(3,4)9-10(11)2/h5,11-12,14H,1-2,6-9H2,3-4H3. The van der Waals surface area contributed by atoms with Gasteiger partial charge in [0.05, 0.1) is 6.10 Å². The molecule has 0 aliphatic heterocycles. The van der Waals surface area contributed by atoms with Crippen molar-refractivity contribution in [3.8, 4) is 0 Å². The first-order chi connectivity index (χ1) is 6.46. The van der Waals surface area contributed by atoms with Crippen LogP contribution in [0.3, 0.4) is 0 Å². The zero-order valence-corrected chi connectivity index (χ0v) is 9.42. The van der Waals surface area contributed by atoms with Crippen LogP contribution < -0.4 is 0 Å². The van der Waals surface area contributed by atoms with Crippen LogP contribution in [-0.4, -0.2) is 11.2 Å². The van der Waals surface area contributed by atoms with Gasteiger partial charge in [0, 0.05) is 5.92 Å². The number of aliphatic hydroxyl groups excluding tert-OH is 1. The Morgan fingerprint density at radius 3 is 2.79 bits per heavy atom. The number of hydrogen-bond acceptors (Lipinski definition) is 1. The zero-order valence-electron chi connectivity index (χ0n) is 9.42. The Morgan fingerprint density at radius 1 is 1.64 bits per heavy atom. The average molecular weight is 194 g/mol. The van der Waals surface area contributed by atoms with Crippen LogP contribution in [0.15, 0.2) is 24.8 Å². The van der Waals surface area contributed by atoms with Gasteiger partial charge in [-0.3, -0.25) is 0 Å². The van der Waals surface area contributed by atoms with Gasteiger partial charge in [0.1, 0.15) is 0 Å². The highest BCUT2D eigenvalue weighted by atomic mass is 16.3. The van der Waals surface area contributed by atoms with E-state index < -0.39 is 0 Å². The van der Waals surface area contributed by atoms with Crippen molar-refractivity contribution in [2.75, 3.05) is 0 Å². The van der Waals surface area contributed by atoms with Crippen molar-refractivity contribution in [3.63, 3.8) is 0 Å². The van der Waals surface area contributed by atoms with Crippen molar-refractivity contribution < 1.29 is 5.11 Å². The Hall–Kier alpha value is -0.560. The van der Waals surface area contributed by atoms with E-state index >= 15 is 0 Å². The molecule has 2 unspecified atom stereocenters. The fraction of sp³-hybridized carbons (Fsp3) is 0.692. The van der Waals surface area contributed by atoms with Crippen LogP contribution in [0.4, 0.5) is 0 Å². The second-order valence-electron chi connectivity index (χ2n) is 5.24. The summed E-state index contributed by atoms with van der Waals surface area (Å²) >= 11 is 0. The van der Waals surface area contributed by atoms with Gasteiger partial charge in [0.15, 0.2) is 0 Å². The molecule has 0 saturated heterocycles. The molecule has 0 heterocycles. The summed E-state index contributed by atoms with van der Waals surface area (Å²) in [4.78, 5) is 0. The highest BCUT2D eigenvalue weighted by molar-refractivity contribution is 5.10. The molecule has 0 aromatic carbocycles. The largest absolute Gasteiger partial charge is 0.392 e. The fourth-order valence-corrected chi connectivity index (χ4v) is 2.38. The summed E-state index contributed by atoms with van der Waals surface area (Å²) in [6.07, 6.45) is 5.51. The molecule has 0 bridgehead atoms. The maximum atomic E-state index is 9.88. The second-order valence-corrected chi connectivity index (χ2v) is 5.24. The van der Waals surface area contributed by atoms with E-state index in [1.54, 1.807) is 6.08 Å². The highest BCUT2D eigenvalue weighted by Gasteiger charge is 2.32. The molecule has 1 nitrogen and oxygen atoms in total. The molecule has 1 rings (SSSR count). The van der Waals surface area contributed by atoms with E-state index in [2.05, 4.69) is 27.0 Å². The van der Waals surface area contributed by atoms with Crippen LogP contribution >= 0.6 is 0 Å². The van der Waals surface area contributed by atoms with Crippen molar-refractivity contribution in [2.24, 2.45) is 11.3 Å². The van der Waals surface area contributed by atoms with E-state index in [1.807, 2.05) is 0 Å². The predicted molar refractivity (Wildman–Crippen MR) is 61.1 cm³/mol. The third-order valence-electron chi connectivity index (χ3n) is 3.23. The molecular weight excluding hydrogens is 172 g/mol. The molecule has 0 radical (unpaired) electrons. The van der Waals surface area contributed by atoms with Crippen LogP contribution in [0.2, 0.25) is 0 Å². The van der Waals surface area contributed by atoms with E-state index in [0.29, 0.717) is 17.8 Å². The van der Waals surface area contributed by atoms with Crippen LogP contribution in [0.5, 0.6) is 0 Å². The minimum atomic E-state index is -0.268. The third kappa shape index (κ3) is 2.71. The molecule has 1 saturated carbocycles. The summed E-state index contributed by atoms with van der Waals surface area (Å²) in [5.41, 5.74) is 1.59. The third-order valence-corrected chi connectivity index (χ3v) is 3.23. The quantitative estimate of drug-likeness (QED) is 0.683. The Bertz CT molecular complexity index is 227. The first-order valence-electron chi connectivity index (χ1n) is 5.43. The summed E-state index contributed by atoms with van der Waals surface area (Å²) in [6, 6.07) is 0. The summed E-state index contributed by atoms with van der Waals surface area (Å²) in [7, 11) is 0. The molecule has 1 heteroatoms. The highest BCUT2D eigenvalue weighted by Crippen LogP contribution is 2.42. The molecule has 80 valence electrons. The molecular formula is C13H22O. The SMILES string of the molecule is C=CCC(O)C1CCC(C)(C)CC1=C. The Balaban J connectivity index is 2.58. The Kier molecular flexibility index (Phi) is 3.54. The molecule has 1 aliphatic carbocycles. The van der Waals surface area contributed by atoms with E-state index in [9.17, 15) is 5.11 Å². The molecule has 1 aliphatic rings. The van der Waals surface area contributed by atoms with Crippen molar-refractivity contribution in [2.45, 2.75) is 45.6 Å². The topological polar surface area (TPSA) is 20.2 Å². The monoisotopic (exact) mass is 194 g/mol. The minimum absolute atomic E-state index is 0.268. The normalized spacial score (nSPS) is 28.5. The van der Waals surface area contributed by atoms with E-state index in [0.717, 1.165) is 12.8 Å². The number of rotatable bonds is 3. The van der Waals surface area contributed by atoms with Gasteiger partial charge in [-0.15, -0.1) is 6.58 Å². The lowest BCUT2D eigenvalue weighted by atomic mass is 9.69. The van der Waals surface area contributed by atoms with Gasteiger partial charge in [-0.05, 0) is 31.1 Å². The van der Waals surface area contributed by atoms with E-state index in [-0.39, 0.29) is 6.10 Å². The summed E-state index contributed by atoms with van der Waals surface area (Å²) in [5, 5.41) is 9.88. The minimum Gasteiger partial charge on any atom is -0.392 e. The lowest BCUT2D eigenvalue weighted by Crippen LogP contribution is -2.30. The number of aliphatic hydroxyl groups is 1. The van der Waals surface area contributed by atoms with Crippen LogP contribution in [0, 0.1) is 11.3 Å². The summed E-state index contributed by atoms with van der Waals surface area (Å²) < 4.78 is 0. The predicted octanol–water partition coefficient (Wildman–Crippen LogP) is 3.31. The number of hydrogen-bond donors (Lipinski definition) is 1. The molecule has 0 aromatic heterocycles. The van der Waals surface area contributed by atoms with Gasteiger partial charge in [-0.1, -0.05) is 32.1 Å². The first-order valence-corrected chi connectivity index (χ1v) is 5.43. The first kappa shape index (κ1) is 11.5. The molecule has 0 amide bonds. The van der Waals surface area contributed by atoms with Gasteiger partial charge in [0.2, 0.25) is 0 Å². The van der Waals surface area contributed by atoms with Gasteiger partial charge in [-0.25, -0.2) is 0 Å². The van der Waals surface area contributed by atoms with Crippen LogP contribution in [0.25, 0.3) is 0 Å². The molecule has 2 atom stereocenters. The van der Waals surface area contributed by atoms with Crippen molar-refractivity contribution >= 4 is 0 Å². The molecule has 0 spiro atoms. The van der Waals surface area contributed by atoms with Crippen LogP contribution in [-0.2, 0) is 0 Å². The smallest absolute Gasteiger partial charge is 0.0639 e. The summed E-state index contributed by atoms with van der Waals surface area (Å²) in [5.74, 6) is 0.293. The lowest BCUT2D eigenvalue weighted by Gasteiger charge is -2.38. The van der Waals surface area contributed by atoms with Crippen molar-refractivity contribution in [1.29, 1.82) is 0 Å². The maximum Gasteiger partial charge on any atom is 0.0639 e. The lowest BCUT2D eigenvalue weighted by molar-refractivity contribution is 0.0938. The van der Waals surface area contributed by atoms with Crippen molar-refractivity contribution in [3.05, 3.63) is 24.8 Å². The summed E-state index contributed by atoms with van der Waals surface area (Å²) in [6.45, 7) is 12.3. The zero-order chi connectivity index (χ0) is 10.8. The molecule has 1 fully saturated rings. The van der Waals surface area contributed by atoms with E-state index in [4.69, 9.17) is 0 Å². The molecule has 0 aromatic rings. The van der Waals surface area contributed by atoms with Gasteiger partial charge in [0.25, 0.3) is 0 Å². The Labute approximate surface area is 87.5 Å². The van der Waals surface area contributed by atoms with Gasteiger partial charge in [-0.2, -0.15) is 0 Å². The molecule has 14 heavy (non-hydrogen) atoms.